The Balaban J connectivity index is 1.67. The molecule has 0 saturated heterocycles. The smallest absolute Gasteiger partial charge is 0.260 e. The fourth-order valence-corrected chi connectivity index (χ4v) is 3.15. The average molecular weight is 326 g/mol. The number of nitrogens with one attached hydrogen (secondary N) is 1. The molecule has 0 bridgehead atoms. The molecule has 0 aliphatic carbocycles. The molecule has 1 aromatic heterocycles. The van der Waals surface area contributed by atoms with Crippen LogP contribution in [0.5, 0.6) is 5.75 Å². The third-order valence-electron chi connectivity index (χ3n) is 4.57. The third-order valence-corrected chi connectivity index (χ3v) is 4.57. The van der Waals surface area contributed by atoms with Crippen LogP contribution in [0.15, 0.2) is 30.5 Å². The van der Waals surface area contributed by atoms with Crippen LogP contribution in [0.4, 0.5) is 0 Å². The summed E-state index contributed by atoms with van der Waals surface area (Å²) < 4.78 is 5.90. The second-order valence-electron chi connectivity index (χ2n) is 7.59. The van der Waals surface area contributed by atoms with Crippen LogP contribution in [-0.2, 0) is 23.2 Å². The van der Waals surface area contributed by atoms with Crippen molar-refractivity contribution in [2.24, 2.45) is 0 Å². The van der Waals surface area contributed by atoms with Gasteiger partial charge in [0.25, 0.3) is 5.91 Å². The molecule has 4 heteroatoms. The standard InChI is InChI=1S/C20H26N2O2/c1-14-5-6-18(16(11-14)20(2,3)4)24-13-19(23)22-10-8-17-15(12-22)7-9-21-17/h5-7,9,11,21H,8,10,12-13H2,1-4H3. The Morgan fingerprint density at radius 1 is 1.29 bits per heavy atom. The summed E-state index contributed by atoms with van der Waals surface area (Å²) in [6.07, 6.45) is 2.82. The van der Waals surface area contributed by atoms with Crippen LogP contribution in [0.3, 0.4) is 0 Å². The van der Waals surface area contributed by atoms with Crippen LogP contribution in [0.2, 0.25) is 0 Å². The summed E-state index contributed by atoms with van der Waals surface area (Å²) in [7, 11) is 0. The number of rotatable bonds is 3. The van der Waals surface area contributed by atoms with E-state index in [1.807, 2.05) is 29.3 Å². The number of benzene rings is 1. The van der Waals surface area contributed by atoms with E-state index in [1.165, 1.54) is 16.8 Å². The molecule has 1 N–H and O–H groups in total. The molecule has 2 heterocycles. The summed E-state index contributed by atoms with van der Waals surface area (Å²) in [6.45, 7) is 10.1. The quantitative estimate of drug-likeness (QED) is 0.937. The van der Waals surface area contributed by atoms with Crippen molar-refractivity contribution in [2.45, 2.75) is 46.1 Å². The van der Waals surface area contributed by atoms with Crippen LogP contribution in [-0.4, -0.2) is 28.9 Å². The zero-order valence-corrected chi connectivity index (χ0v) is 15.0. The predicted molar refractivity (Wildman–Crippen MR) is 95.3 cm³/mol. The number of fused-ring (bicyclic) bond motifs is 1. The number of carbonyl (C=O) groups is 1. The average Bonchev–Trinajstić information content (AvgIpc) is 3.00. The molecular formula is C20H26N2O2. The molecule has 24 heavy (non-hydrogen) atoms. The number of amides is 1. The van der Waals surface area contributed by atoms with Gasteiger partial charge < -0.3 is 14.6 Å². The van der Waals surface area contributed by atoms with Gasteiger partial charge in [0.2, 0.25) is 0 Å². The topological polar surface area (TPSA) is 45.3 Å². The minimum absolute atomic E-state index is 0.0183. The molecule has 0 radical (unpaired) electrons. The van der Waals surface area contributed by atoms with E-state index in [4.69, 9.17) is 4.74 Å². The molecule has 2 aromatic rings. The maximum absolute atomic E-state index is 12.5. The van der Waals surface area contributed by atoms with E-state index in [-0.39, 0.29) is 17.9 Å². The molecule has 0 atom stereocenters. The zero-order valence-electron chi connectivity index (χ0n) is 15.0. The highest BCUT2D eigenvalue weighted by Crippen LogP contribution is 2.32. The summed E-state index contributed by atoms with van der Waals surface area (Å²) in [5, 5.41) is 0. The number of aromatic nitrogens is 1. The summed E-state index contributed by atoms with van der Waals surface area (Å²) >= 11 is 0. The van der Waals surface area contributed by atoms with Gasteiger partial charge in [-0.1, -0.05) is 38.5 Å². The van der Waals surface area contributed by atoms with Gasteiger partial charge in [-0.15, -0.1) is 0 Å². The van der Waals surface area contributed by atoms with Gasteiger partial charge in [-0.25, -0.2) is 0 Å². The number of H-pyrrole nitrogens is 1. The van der Waals surface area contributed by atoms with Crippen LogP contribution in [0.25, 0.3) is 0 Å². The van der Waals surface area contributed by atoms with Crippen molar-refractivity contribution < 1.29 is 9.53 Å². The van der Waals surface area contributed by atoms with Crippen LogP contribution in [0.1, 0.15) is 43.2 Å². The Labute approximate surface area is 143 Å². The molecular weight excluding hydrogens is 300 g/mol. The molecule has 1 amide bonds. The first-order chi connectivity index (χ1) is 11.3. The first-order valence-corrected chi connectivity index (χ1v) is 8.51. The van der Waals surface area contributed by atoms with Gasteiger partial charge >= 0.3 is 0 Å². The number of ether oxygens (including phenoxy) is 1. The molecule has 3 rings (SSSR count). The Bertz CT molecular complexity index is 740. The highest BCUT2D eigenvalue weighted by atomic mass is 16.5. The van der Waals surface area contributed by atoms with Crippen LogP contribution >= 0.6 is 0 Å². The SMILES string of the molecule is Cc1ccc(OCC(=O)N2CCc3[nH]ccc3C2)c(C(C)(C)C)c1. The minimum atomic E-state index is -0.0183. The predicted octanol–water partition coefficient (Wildman–Crippen LogP) is 3.58. The van der Waals surface area contributed by atoms with Gasteiger partial charge in [0.15, 0.2) is 6.61 Å². The number of aromatic amines is 1. The summed E-state index contributed by atoms with van der Waals surface area (Å²) in [5.41, 5.74) is 4.78. The molecule has 0 spiro atoms. The van der Waals surface area contributed by atoms with E-state index in [9.17, 15) is 4.79 Å². The molecule has 4 nitrogen and oxygen atoms in total. The normalized spacial score (nSPS) is 14.4. The van der Waals surface area contributed by atoms with Crippen molar-refractivity contribution in [3.05, 3.63) is 52.8 Å². The van der Waals surface area contributed by atoms with Gasteiger partial charge in [-0.3, -0.25) is 4.79 Å². The monoisotopic (exact) mass is 326 g/mol. The van der Waals surface area contributed by atoms with E-state index in [1.54, 1.807) is 0 Å². The van der Waals surface area contributed by atoms with Crippen molar-refractivity contribution in [1.29, 1.82) is 0 Å². The van der Waals surface area contributed by atoms with Crippen LogP contribution in [0, 0.1) is 6.92 Å². The fraction of sp³-hybridized carbons (Fsp3) is 0.450. The van der Waals surface area contributed by atoms with Crippen molar-refractivity contribution >= 4 is 5.91 Å². The molecule has 1 aliphatic rings. The fourth-order valence-electron chi connectivity index (χ4n) is 3.15. The lowest BCUT2D eigenvalue weighted by atomic mass is 9.85. The largest absolute Gasteiger partial charge is 0.483 e. The Kier molecular flexibility index (Phi) is 4.39. The molecule has 0 saturated carbocycles. The van der Waals surface area contributed by atoms with E-state index in [0.29, 0.717) is 6.54 Å². The van der Waals surface area contributed by atoms with Crippen LogP contribution < -0.4 is 4.74 Å². The second kappa shape index (κ2) is 6.34. The van der Waals surface area contributed by atoms with Gasteiger partial charge in [0, 0.05) is 31.4 Å². The Hall–Kier alpha value is -2.23. The maximum atomic E-state index is 12.5. The summed E-state index contributed by atoms with van der Waals surface area (Å²) in [5.74, 6) is 0.850. The highest BCUT2D eigenvalue weighted by Gasteiger charge is 2.23. The molecule has 1 aliphatic heterocycles. The number of hydrogen-bond acceptors (Lipinski definition) is 2. The first kappa shape index (κ1) is 16.6. The lowest BCUT2D eigenvalue weighted by molar-refractivity contribution is -0.134. The number of aryl methyl sites for hydroxylation is 1. The number of hydrogen-bond donors (Lipinski definition) is 1. The summed E-state index contributed by atoms with van der Waals surface area (Å²) in [6, 6.07) is 8.20. The van der Waals surface area contributed by atoms with Crippen molar-refractivity contribution in [2.75, 3.05) is 13.2 Å². The van der Waals surface area contributed by atoms with Gasteiger partial charge in [-0.05, 0) is 35.6 Å². The molecule has 0 fully saturated rings. The van der Waals surface area contributed by atoms with Crippen molar-refractivity contribution in [1.82, 2.24) is 9.88 Å². The molecule has 0 unspecified atom stereocenters. The van der Waals surface area contributed by atoms with Gasteiger partial charge in [0.1, 0.15) is 5.75 Å². The van der Waals surface area contributed by atoms with Crippen molar-refractivity contribution in [3.8, 4) is 5.75 Å². The Morgan fingerprint density at radius 2 is 2.08 bits per heavy atom. The lowest BCUT2D eigenvalue weighted by Crippen LogP contribution is -2.38. The maximum Gasteiger partial charge on any atom is 0.260 e. The highest BCUT2D eigenvalue weighted by molar-refractivity contribution is 5.78. The van der Waals surface area contributed by atoms with Gasteiger partial charge in [0.05, 0.1) is 0 Å². The zero-order chi connectivity index (χ0) is 17.3. The van der Waals surface area contributed by atoms with Gasteiger partial charge in [-0.2, -0.15) is 0 Å². The van der Waals surface area contributed by atoms with E-state index in [0.717, 1.165) is 24.3 Å². The van der Waals surface area contributed by atoms with E-state index >= 15 is 0 Å². The first-order valence-electron chi connectivity index (χ1n) is 8.51. The third kappa shape index (κ3) is 3.48. The number of nitrogens with zero attached hydrogens (tertiary/aromatic N) is 1. The van der Waals surface area contributed by atoms with E-state index < -0.39 is 0 Å². The molecule has 128 valence electrons. The van der Waals surface area contributed by atoms with Crippen molar-refractivity contribution in [3.63, 3.8) is 0 Å². The second-order valence-corrected chi connectivity index (χ2v) is 7.59. The lowest BCUT2D eigenvalue weighted by Gasteiger charge is -2.28. The Morgan fingerprint density at radius 3 is 2.83 bits per heavy atom. The minimum Gasteiger partial charge on any atom is -0.483 e. The summed E-state index contributed by atoms with van der Waals surface area (Å²) in [4.78, 5) is 17.6. The molecule has 1 aromatic carbocycles. The number of carbonyl (C=O) groups excluding carboxylic acids is 1. The van der Waals surface area contributed by atoms with E-state index in [2.05, 4.69) is 38.7 Å².